The zero-order valence-electron chi connectivity index (χ0n) is 23.3. The van der Waals surface area contributed by atoms with Crippen LogP contribution in [-0.4, -0.2) is 59.3 Å². The van der Waals surface area contributed by atoms with E-state index in [1.54, 1.807) is 20.8 Å². The third-order valence-corrected chi connectivity index (χ3v) is 7.61. The van der Waals surface area contributed by atoms with E-state index in [1.807, 2.05) is 0 Å². The molecule has 0 bridgehead atoms. The van der Waals surface area contributed by atoms with E-state index >= 15 is 0 Å². The van der Waals surface area contributed by atoms with Crippen LogP contribution in [0.3, 0.4) is 0 Å². The van der Waals surface area contributed by atoms with Crippen molar-refractivity contribution in [3.63, 3.8) is 0 Å². The van der Waals surface area contributed by atoms with Crippen molar-refractivity contribution in [3.8, 4) is 0 Å². The molecule has 224 valence electrons. The van der Waals surface area contributed by atoms with Crippen LogP contribution in [0.4, 0.5) is 18.0 Å². The maximum atomic E-state index is 13.8. The molecule has 12 heteroatoms. The number of hydrogen-bond acceptors (Lipinski definition) is 5. The first-order valence-corrected chi connectivity index (χ1v) is 14.2. The lowest BCUT2D eigenvalue weighted by molar-refractivity contribution is -0.147. The second kappa shape index (κ2) is 13.4. The third kappa shape index (κ3) is 8.99. The highest BCUT2D eigenvalue weighted by atomic mass is 35.5. The molecule has 1 aliphatic carbocycles. The van der Waals surface area contributed by atoms with E-state index in [9.17, 15) is 27.6 Å². The largest absolute Gasteiger partial charge is 0.444 e. The normalized spacial score (nSPS) is 20.1. The first-order valence-electron chi connectivity index (χ1n) is 13.8. The standard InChI is InChI=1S/C28H40ClF3N4O4/c1-27(2,3)40-26(39)35-23(17-8-5-4-6-9-17)25(38)36-13-7-10-21(36)24(37)34-16-19-14-20(29)12-11-18(19)15-22(33)28(30,31)32/h11-12,14,17,21-23H,4-10,13,15-16,33H2,1-3H3,(H,34,37)(H,35,39)/t21-,22?,23+/m0/s1. The zero-order valence-corrected chi connectivity index (χ0v) is 24.0. The maximum absolute atomic E-state index is 13.8. The van der Waals surface area contributed by atoms with E-state index in [0.29, 0.717) is 35.5 Å². The summed E-state index contributed by atoms with van der Waals surface area (Å²) in [4.78, 5) is 41.2. The van der Waals surface area contributed by atoms with Gasteiger partial charge in [-0.15, -0.1) is 0 Å². The minimum atomic E-state index is -4.56. The molecule has 2 fully saturated rings. The van der Waals surface area contributed by atoms with Gasteiger partial charge in [0.15, 0.2) is 0 Å². The number of ether oxygens (including phenoxy) is 1. The van der Waals surface area contributed by atoms with Gasteiger partial charge >= 0.3 is 12.3 Å². The van der Waals surface area contributed by atoms with Gasteiger partial charge in [0.05, 0.1) is 0 Å². The monoisotopic (exact) mass is 588 g/mol. The second-order valence-electron chi connectivity index (χ2n) is 11.7. The van der Waals surface area contributed by atoms with Crippen LogP contribution in [0, 0.1) is 5.92 Å². The highest BCUT2D eigenvalue weighted by Gasteiger charge is 2.41. The number of amides is 3. The molecule has 1 saturated carbocycles. The lowest BCUT2D eigenvalue weighted by Crippen LogP contribution is -2.56. The molecule has 0 aromatic heterocycles. The van der Waals surface area contributed by atoms with Crippen LogP contribution in [0.25, 0.3) is 0 Å². The van der Waals surface area contributed by atoms with Gasteiger partial charge in [-0.3, -0.25) is 9.59 Å². The number of nitrogens with one attached hydrogen (secondary N) is 2. The average Bonchev–Trinajstić information content (AvgIpc) is 3.36. The molecular weight excluding hydrogens is 549 g/mol. The molecule has 1 aromatic rings. The van der Waals surface area contributed by atoms with Crippen molar-refractivity contribution in [1.29, 1.82) is 0 Å². The van der Waals surface area contributed by atoms with Crippen molar-refractivity contribution in [3.05, 3.63) is 34.3 Å². The number of nitrogens with two attached hydrogens (primary N) is 1. The first-order chi connectivity index (χ1) is 18.7. The van der Waals surface area contributed by atoms with Crippen molar-refractivity contribution >= 4 is 29.5 Å². The molecule has 8 nitrogen and oxygen atoms in total. The average molecular weight is 589 g/mol. The predicted octanol–water partition coefficient (Wildman–Crippen LogP) is 4.85. The number of nitrogens with zero attached hydrogens (tertiary/aromatic N) is 1. The SMILES string of the molecule is CC(C)(C)OC(=O)N[C@@H](C(=O)N1CCC[C@H]1C(=O)NCc1cc(Cl)ccc1CC(N)C(F)(F)F)C1CCCCC1. The van der Waals surface area contributed by atoms with Crippen molar-refractivity contribution in [2.75, 3.05) is 6.54 Å². The molecule has 1 unspecified atom stereocenters. The van der Waals surface area contributed by atoms with Gasteiger partial charge < -0.3 is 26.0 Å². The van der Waals surface area contributed by atoms with Gasteiger partial charge in [0.2, 0.25) is 11.8 Å². The van der Waals surface area contributed by atoms with Gasteiger partial charge in [-0.2, -0.15) is 13.2 Å². The lowest BCUT2D eigenvalue weighted by Gasteiger charge is -2.35. The van der Waals surface area contributed by atoms with Crippen LogP contribution < -0.4 is 16.4 Å². The van der Waals surface area contributed by atoms with Gasteiger partial charge in [0, 0.05) is 18.1 Å². The van der Waals surface area contributed by atoms with E-state index in [2.05, 4.69) is 10.6 Å². The lowest BCUT2D eigenvalue weighted by atomic mass is 9.83. The molecule has 3 rings (SSSR count). The molecule has 3 amide bonds. The summed E-state index contributed by atoms with van der Waals surface area (Å²) in [6.07, 6.45) is -0.114. The molecule has 40 heavy (non-hydrogen) atoms. The minimum absolute atomic E-state index is 0.0649. The summed E-state index contributed by atoms with van der Waals surface area (Å²) in [6.45, 7) is 5.52. The summed E-state index contributed by atoms with van der Waals surface area (Å²) in [5.74, 6) is -0.809. The van der Waals surface area contributed by atoms with Crippen molar-refractivity contribution in [2.45, 2.75) is 109 Å². The summed E-state index contributed by atoms with van der Waals surface area (Å²) >= 11 is 6.08. The van der Waals surface area contributed by atoms with E-state index < -0.39 is 48.3 Å². The molecule has 1 aliphatic heterocycles. The Balaban J connectivity index is 1.72. The van der Waals surface area contributed by atoms with Crippen molar-refractivity contribution in [1.82, 2.24) is 15.5 Å². The van der Waals surface area contributed by atoms with Crippen molar-refractivity contribution in [2.24, 2.45) is 11.7 Å². The Kier molecular flexibility index (Phi) is 10.7. The number of carbonyl (C=O) groups excluding carboxylic acids is 3. The van der Waals surface area contributed by atoms with Gasteiger partial charge in [0.1, 0.15) is 23.7 Å². The Bertz CT molecular complexity index is 1060. The van der Waals surface area contributed by atoms with Crippen LogP contribution in [0.15, 0.2) is 18.2 Å². The Morgan fingerprint density at radius 3 is 2.38 bits per heavy atom. The minimum Gasteiger partial charge on any atom is -0.444 e. The molecule has 0 spiro atoms. The quantitative estimate of drug-likeness (QED) is 0.402. The molecule has 2 aliphatic rings. The smallest absolute Gasteiger partial charge is 0.408 e. The Morgan fingerprint density at radius 2 is 1.75 bits per heavy atom. The number of benzene rings is 1. The highest BCUT2D eigenvalue weighted by molar-refractivity contribution is 6.30. The van der Waals surface area contributed by atoms with Crippen LogP contribution in [0.2, 0.25) is 5.02 Å². The zero-order chi connectivity index (χ0) is 29.7. The van der Waals surface area contributed by atoms with E-state index in [4.69, 9.17) is 22.1 Å². The molecule has 4 N–H and O–H groups in total. The fourth-order valence-electron chi connectivity index (χ4n) is 5.38. The van der Waals surface area contributed by atoms with Gasteiger partial charge in [-0.1, -0.05) is 36.9 Å². The second-order valence-corrected chi connectivity index (χ2v) is 12.1. The van der Waals surface area contributed by atoms with Crippen molar-refractivity contribution < 1.29 is 32.3 Å². The molecule has 3 atom stereocenters. The molecular formula is C28H40ClF3N4O4. The summed E-state index contributed by atoms with van der Waals surface area (Å²) < 4.78 is 44.6. The fraction of sp³-hybridized carbons (Fsp3) is 0.679. The van der Waals surface area contributed by atoms with Gasteiger partial charge in [-0.05, 0) is 82.1 Å². The van der Waals surface area contributed by atoms with E-state index in [0.717, 1.165) is 32.1 Å². The fourth-order valence-corrected chi connectivity index (χ4v) is 5.57. The molecule has 1 aromatic carbocycles. The summed E-state index contributed by atoms with van der Waals surface area (Å²) in [7, 11) is 0. The number of hydrogen-bond donors (Lipinski definition) is 3. The summed E-state index contributed by atoms with van der Waals surface area (Å²) in [5, 5.41) is 5.86. The number of rotatable bonds is 8. The number of halogens is 4. The Labute approximate surface area is 238 Å². The molecule has 1 saturated heterocycles. The number of alkyl halides is 3. The van der Waals surface area contributed by atoms with E-state index in [1.165, 1.54) is 23.1 Å². The number of carbonyl (C=O) groups is 3. The van der Waals surface area contributed by atoms with Crippen LogP contribution >= 0.6 is 11.6 Å². The Hall–Kier alpha value is -2.53. The highest BCUT2D eigenvalue weighted by Crippen LogP contribution is 2.30. The third-order valence-electron chi connectivity index (χ3n) is 7.38. The summed E-state index contributed by atoms with van der Waals surface area (Å²) in [6, 6.07) is 0.817. The van der Waals surface area contributed by atoms with Gasteiger partial charge in [0.25, 0.3) is 0 Å². The van der Waals surface area contributed by atoms with E-state index in [-0.39, 0.29) is 18.4 Å². The van der Waals surface area contributed by atoms with Crippen LogP contribution in [0.1, 0.15) is 76.8 Å². The number of likely N-dealkylation sites (tertiary alicyclic amines) is 1. The molecule has 1 heterocycles. The number of alkyl carbamates (subject to hydrolysis) is 1. The van der Waals surface area contributed by atoms with Gasteiger partial charge in [-0.25, -0.2) is 4.79 Å². The summed E-state index contributed by atoms with van der Waals surface area (Å²) in [5.41, 5.74) is 5.34. The first kappa shape index (κ1) is 32.0. The van der Waals surface area contributed by atoms with Crippen LogP contribution in [0.5, 0.6) is 0 Å². The Morgan fingerprint density at radius 1 is 1.07 bits per heavy atom. The van der Waals surface area contributed by atoms with Crippen LogP contribution in [-0.2, 0) is 27.3 Å². The molecule has 0 radical (unpaired) electrons. The maximum Gasteiger partial charge on any atom is 0.408 e. The predicted molar refractivity (Wildman–Crippen MR) is 146 cm³/mol. The topological polar surface area (TPSA) is 114 Å².